The van der Waals surface area contributed by atoms with Crippen LogP contribution < -0.4 is 5.32 Å². The number of rotatable bonds is 6. The molecular weight excluding hydrogens is 242 g/mol. The fourth-order valence-electron chi connectivity index (χ4n) is 1.86. The van der Waals surface area contributed by atoms with Gasteiger partial charge in [0.2, 0.25) is 0 Å². The fourth-order valence-corrected chi connectivity index (χ4v) is 1.86. The van der Waals surface area contributed by atoms with E-state index in [0.717, 1.165) is 17.7 Å². The van der Waals surface area contributed by atoms with Crippen molar-refractivity contribution < 1.29 is 9.53 Å². The number of amides is 1. The summed E-state index contributed by atoms with van der Waals surface area (Å²) in [5.41, 5.74) is 1.85. The first kappa shape index (κ1) is 13.3. The molecule has 19 heavy (non-hydrogen) atoms. The Morgan fingerprint density at radius 2 is 2.21 bits per heavy atom. The normalized spacial score (nSPS) is 12.1. The zero-order valence-electron chi connectivity index (χ0n) is 10.8. The molecule has 5 nitrogen and oxygen atoms in total. The molecular formula is C14H17N3O2. The van der Waals surface area contributed by atoms with E-state index in [0.29, 0.717) is 6.54 Å². The topological polar surface area (TPSA) is 67.0 Å². The van der Waals surface area contributed by atoms with Crippen LogP contribution in [0.4, 0.5) is 0 Å². The van der Waals surface area contributed by atoms with Crippen molar-refractivity contribution in [2.75, 3.05) is 13.7 Å². The third-order valence-corrected chi connectivity index (χ3v) is 2.82. The number of hydrogen-bond acceptors (Lipinski definition) is 3. The van der Waals surface area contributed by atoms with Gasteiger partial charge in [0, 0.05) is 32.0 Å². The Morgan fingerprint density at radius 3 is 2.84 bits per heavy atom. The molecule has 2 N–H and O–H groups in total. The molecule has 1 aromatic carbocycles. The van der Waals surface area contributed by atoms with E-state index in [1.165, 1.54) is 7.11 Å². The molecule has 1 amide bonds. The highest BCUT2D eigenvalue weighted by Gasteiger charge is 2.18. The number of aromatic amines is 1. The van der Waals surface area contributed by atoms with E-state index in [1.54, 1.807) is 12.5 Å². The van der Waals surface area contributed by atoms with Crippen molar-refractivity contribution in [3.05, 3.63) is 54.1 Å². The second-order valence-electron chi connectivity index (χ2n) is 4.14. The Morgan fingerprint density at radius 1 is 1.42 bits per heavy atom. The van der Waals surface area contributed by atoms with Crippen molar-refractivity contribution in [2.24, 2.45) is 0 Å². The highest BCUT2D eigenvalue weighted by atomic mass is 16.5. The van der Waals surface area contributed by atoms with Crippen LogP contribution in [0.5, 0.6) is 0 Å². The zero-order valence-corrected chi connectivity index (χ0v) is 10.8. The SMILES string of the molecule is COC(C(=O)NCCc1cnc[nH]1)c1ccccc1. The number of methoxy groups -OCH3 is 1. The molecule has 0 radical (unpaired) electrons. The van der Waals surface area contributed by atoms with Gasteiger partial charge in [0.1, 0.15) is 0 Å². The van der Waals surface area contributed by atoms with E-state index >= 15 is 0 Å². The highest BCUT2D eigenvalue weighted by Crippen LogP contribution is 2.15. The first-order chi connectivity index (χ1) is 9.31. The Labute approximate surface area is 112 Å². The lowest BCUT2D eigenvalue weighted by Crippen LogP contribution is -2.31. The number of nitrogens with zero attached hydrogens (tertiary/aromatic N) is 1. The monoisotopic (exact) mass is 259 g/mol. The van der Waals surface area contributed by atoms with Crippen LogP contribution in [-0.4, -0.2) is 29.5 Å². The average Bonchev–Trinajstić information content (AvgIpc) is 2.94. The zero-order chi connectivity index (χ0) is 13.5. The van der Waals surface area contributed by atoms with E-state index in [4.69, 9.17) is 4.74 Å². The molecule has 0 bridgehead atoms. The van der Waals surface area contributed by atoms with E-state index in [-0.39, 0.29) is 5.91 Å². The highest BCUT2D eigenvalue weighted by molar-refractivity contribution is 5.82. The number of nitrogens with one attached hydrogen (secondary N) is 2. The van der Waals surface area contributed by atoms with Crippen LogP contribution in [0.3, 0.4) is 0 Å². The van der Waals surface area contributed by atoms with Gasteiger partial charge in [-0.1, -0.05) is 30.3 Å². The van der Waals surface area contributed by atoms with Crippen LogP contribution in [0.15, 0.2) is 42.9 Å². The molecule has 1 atom stereocenters. The van der Waals surface area contributed by atoms with E-state index in [2.05, 4.69) is 15.3 Å². The Hall–Kier alpha value is -2.14. The van der Waals surface area contributed by atoms with Gasteiger partial charge in [-0.2, -0.15) is 0 Å². The van der Waals surface area contributed by atoms with Crippen molar-refractivity contribution in [3.8, 4) is 0 Å². The smallest absolute Gasteiger partial charge is 0.253 e. The predicted molar refractivity (Wildman–Crippen MR) is 71.5 cm³/mol. The summed E-state index contributed by atoms with van der Waals surface area (Å²) in [6, 6.07) is 9.44. The van der Waals surface area contributed by atoms with Crippen LogP contribution in [0.2, 0.25) is 0 Å². The number of carbonyl (C=O) groups is 1. The summed E-state index contributed by atoms with van der Waals surface area (Å²) in [6.45, 7) is 0.549. The Balaban J connectivity index is 1.87. The minimum atomic E-state index is -0.567. The molecule has 5 heteroatoms. The van der Waals surface area contributed by atoms with Crippen molar-refractivity contribution in [1.82, 2.24) is 15.3 Å². The molecule has 2 rings (SSSR count). The number of aromatic nitrogens is 2. The van der Waals surface area contributed by atoms with Crippen LogP contribution in [0, 0.1) is 0 Å². The maximum atomic E-state index is 12.0. The number of imidazole rings is 1. The van der Waals surface area contributed by atoms with Gasteiger partial charge >= 0.3 is 0 Å². The minimum absolute atomic E-state index is 0.131. The summed E-state index contributed by atoms with van der Waals surface area (Å²) in [6.07, 6.45) is 3.52. The summed E-state index contributed by atoms with van der Waals surface area (Å²) in [5.74, 6) is -0.131. The summed E-state index contributed by atoms with van der Waals surface area (Å²) >= 11 is 0. The number of benzene rings is 1. The molecule has 0 saturated carbocycles. The molecule has 0 aliphatic carbocycles. The maximum Gasteiger partial charge on any atom is 0.253 e. The fraction of sp³-hybridized carbons (Fsp3) is 0.286. The van der Waals surface area contributed by atoms with Gasteiger partial charge in [0.05, 0.1) is 6.33 Å². The number of carbonyl (C=O) groups excluding carboxylic acids is 1. The van der Waals surface area contributed by atoms with Crippen LogP contribution in [0.1, 0.15) is 17.4 Å². The molecule has 0 spiro atoms. The summed E-state index contributed by atoms with van der Waals surface area (Å²) in [7, 11) is 1.53. The van der Waals surface area contributed by atoms with Gasteiger partial charge in [0.25, 0.3) is 5.91 Å². The van der Waals surface area contributed by atoms with E-state index in [9.17, 15) is 4.79 Å². The summed E-state index contributed by atoms with van der Waals surface area (Å²) in [5, 5.41) is 2.86. The molecule has 100 valence electrons. The minimum Gasteiger partial charge on any atom is -0.367 e. The van der Waals surface area contributed by atoms with Crippen molar-refractivity contribution in [3.63, 3.8) is 0 Å². The number of H-pyrrole nitrogens is 1. The maximum absolute atomic E-state index is 12.0. The average molecular weight is 259 g/mol. The van der Waals surface area contributed by atoms with Crippen molar-refractivity contribution in [2.45, 2.75) is 12.5 Å². The lowest BCUT2D eigenvalue weighted by atomic mass is 10.1. The van der Waals surface area contributed by atoms with Crippen LogP contribution in [-0.2, 0) is 16.0 Å². The van der Waals surface area contributed by atoms with Gasteiger partial charge in [-0.3, -0.25) is 4.79 Å². The molecule has 1 unspecified atom stereocenters. The first-order valence-electron chi connectivity index (χ1n) is 6.14. The second-order valence-corrected chi connectivity index (χ2v) is 4.14. The van der Waals surface area contributed by atoms with Crippen molar-refractivity contribution >= 4 is 5.91 Å². The lowest BCUT2D eigenvalue weighted by molar-refractivity contribution is -0.131. The Bertz CT molecular complexity index is 497. The van der Waals surface area contributed by atoms with E-state index in [1.807, 2.05) is 30.3 Å². The molecule has 0 aliphatic heterocycles. The van der Waals surface area contributed by atoms with Crippen LogP contribution >= 0.6 is 0 Å². The molecule has 2 aromatic rings. The first-order valence-corrected chi connectivity index (χ1v) is 6.14. The molecule has 0 saturated heterocycles. The second kappa shape index (κ2) is 6.70. The molecule has 1 heterocycles. The van der Waals surface area contributed by atoms with Gasteiger partial charge in [0.15, 0.2) is 6.10 Å². The molecule has 0 aliphatic rings. The van der Waals surface area contributed by atoms with Crippen LogP contribution in [0.25, 0.3) is 0 Å². The van der Waals surface area contributed by atoms with Gasteiger partial charge in [-0.15, -0.1) is 0 Å². The third-order valence-electron chi connectivity index (χ3n) is 2.82. The summed E-state index contributed by atoms with van der Waals surface area (Å²) in [4.78, 5) is 19.0. The van der Waals surface area contributed by atoms with Crippen molar-refractivity contribution in [1.29, 1.82) is 0 Å². The lowest BCUT2D eigenvalue weighted by Gasteiger charge is -2.15. The quantitative estimate of drug-likeness (QED) is 0.825. The predicted octanol–water partition coefficient (Wildman–Crippen LogP) is 1.46. The summed E-state index contributed by atoms with van der Waals surface area (Å²) < 4.78 is 5.25. The third kappa shape index (κ3) is 3.66. The van der Waals surface area contributed by atoms with Gasteiger partial charge < -0.3 is 15.0 Å². The number of ether oxygens (including phenoxy) is 1. The standard InChI is InChI=1S/C14H17N3O2/c1-19-13(11-5-3-2-4-6-11)14(18)16-8-7-12-9-15-10-17-12/h2-6,9-10,13H,7-8H2,1H3,(H,15,17)(H,16,18). The molecule has 1 aromatic heterocycles. The van der Waals surface area contributed by atoms with Gasteiger partial charge in [-0.25, -0.2) is 4.98 Å². The van der Waals surface area contributed by atoms with E-state index < -0.39 is 6.10 Å². The van der Waals surface area contributed by atoms with Gasteiger partial charge in [-0.05, 0) is 5.56 Å². The largest absolute Gasteiger partial charge is 0.367 e. The molecule has 0 fully saturated rings. The Kier molecular flexibility index (Phi) is 4.69. The number of hydrogen-bond donors (Lipinski definition) is 2.